The van der Waals surface area contributed by atoms with Crippen molar-refractivity contribution in [3.05, 3.63) is 309 Å². The van der Waals surface area contributed by atoms with Gasteiger partial charge in [0.1, 0.15) is 34.9 Å². The van der Waals surface area contributed by atoms with Gasteiger partial charge in [-0.25, -0.2) is 44.9 Å². The number of aryl methyl sites for hydroxylation is 9. The van der Waals surface area contributed by atoms with Crippen LogP contribution in [0.1, 0.15) is 123 Å². The summed E-state index contributed by atoms with van der Waals surface area (Å²) in [6, 6.07) is 59.0. The number of guanidine groups is 1. The molecule has 0 aliphatic heterocycles. The molecule has 0 bridgehead atoms. The SMILES string of the molecule is CC(C)=Nc1cccc(CSCCc2nc(C)c(CCc3ccccc3)c(=O)[nH]2)n1.COC(=N)CCSCc1cccc(N)n1.Cc1nc(CCSCc2cccc(N)n2)[nH]c(=O)c1CCc1ccccc1.Cc1nc(CCSCc2cccc(N=C(N)N)n2)[nH]c(=O)c1CCc1ccccc1.N=C(N)CCSCc1cccc(N)n1. The summed E-state index contributed by atoms with van der Waals surface area (Å²) in [7, 11) is 1.52. The van der Waals surface area contributed by atoms with E-state index in [1.807, 2.05) is 156 Å². The molecule has 0 saturated carbocycles. The highest BCUT2D eigenvalue weighted by atomic mass is 32.2. The van der Waals surface area contributed by atoms with Crippen LogP contribution in [0.3, 0.4) is 0 Å². The van der Waals surface area contributed by atoms with E-state index in [0.717, 1.165) is 181 Å². The second-order valence-electron chi connectivity index (χ2n) is 26.6. The molecule has 30 heteroatoms. The van der Waals surface area contributed by atoms with Gasteiger partial charge in [-0.1, -0.05) is 121 Å². The normalized spacial score (nSPS) is 10.6. The third-order valence-corrected chi connectivity index (χ3v) is 21.9. The zero-order chi connectivity index (χ0) is 83.2. The summed E-state index contributed by atoms with van der Waals surface area (Å²) in [5, 5.41) is 14.3. The Bertz CT molecular complexity index is 4920. The summed E-state index contributed by atoms with van der Waals surface area (Å²) >= 11 is 8.67. The van der Waals surface area contributed by atoms with Gasteiger partial charge >= 0.3 is 0 Å². The molecule has 11 aromatic rings. The molecule has 8 aromatic heterocycles. The molecule has 25 nitrogen and oxygen atoms in total. The number of nitrogens with one attached hydrogen (secondary N) is 5. The third kappa shape index (κ3) is 36.7. The first-order valence-electron chi connectivity index (χ1n) is 37.9. The van der Waals surface area contributed by atoms with Crippen LogP contribution in [-0.2, 0) is 91.3 Å². The predicted molar refractivity (Wildman–Crippen MR) is 486 cm³/mol. The number of hydrogen-bond donors (Lipinski definition) is 11. The molecule has 610 valence electrons. The van der Waals surface area contributed by atoms with E-state index in [-0.39, 0.29) is 28.5 Å². The minimum absolute atomic E-state index is 0.00934. The maximum absolute atomic E-state index is 12.5. The highest BCUT2D eigenvalue weighted by molar-refractivity contribution is 7.99. The standard InChI is InChI=1S/C24H28N4OS.C22H26N6OS.C21H24N4OS.C10H15N3OS.C9H14N4S/c1-17(2)25-22-11-7-10-20(27-22)16-30-15-14-23-26-18(3)21(24(29)28-23)13-12-19-8-5-4-6-9-19;1-15-18(11-10-16-6-3-2-4-7-16)21(29)27-20(25-15)12-13-30-14-17-8-5-9-19(26-17)28-22(23)24;1-15-18(11-10-16-6-3-2-4-7-16)21(26)25-20(23-15)12-13-27-14-17-8-5-9-19(22)24-17;1-14-10(12)5-6-15-7-8-3-2-4-9(11)13-8;10-8(11)4-5-14-6-7-2-1-3-9(12)13-7/h4-11H,12-16H2,1-3H3,(H,26,28,29);2-9H,10-14H2,1H3,(H,25,27,29)(H4,23,24,26,28);2-9H,10-14H2,1H3,(H2,22,24)(H,23,25,26);2-4,12H,5-7H2,1H3,(H2,11,13);1-3H,4-6H2,(H3,10,11)(H2,12,13). The number of nitrogen functional groups attached to an aromatic ring is 3. The van der Waals surface area contributed by atoms with E-state index in [0.29, 0.717) is 67.7 Å². The largest absolute Gasteiger partial charge is 0.484 e. The smallest absolute Gasteiger partial charge is 0.254 e. The molecule has 8 heterocycles. The van der Waals surface area contributed by atoms with Crippen molar-refractivity contribution in [1.29, 1.82) is 10.8 Å². The van der Waals surface area contributed by atoms with E-state index in [1.165, 1.54) is 23.8 Å². The van der Waals surface area contributed by atoms with Gasteiger partial charge in [0.25, 0.3) is 16.7 Å². The predicted octanol–water partition coefficient (Wildman–Crippen LogP) is 13.9. The van der Waals surface area contributed by atoms with Gasteiger partial charge in [-0.05, 0) is 150 Å². The van der Waals surface area contributed by atoms with Gasteiger partial charge in [-0.3, -0.25) is 25.2 Å². The number of methoxy groups -OCH3 is 1. The summed E-state index contributed by atoms with van der Waals surface area (Å²) < 4.78 is 4.76. The number of pyridine rings is 5. The highest BCUT2D eigenvalue weighted by Crippen LogP contribution is 2.21. The fraction of sp³-hybridized carbons (Fsp3) is 0.314. The molecule has 0 spiro atoms. The van der Waals surface area contributed by atoms with Gasteiger partial charge in [0, 0.05) is 129 Å². The van der Waals surface area contributed by atoms with E-state index in [4.69, 9.17) is 50.0 Å². The lowest BCUT2D eigenvalue weighted by molar-refractivity contribution is 0.389. The van der Waals surface area contributed by atoms with Crippen LogP contribution >= 0.6 is 58.8 Å². The Morgan fingerprint density at radius 2 is 0.672 bits per heavy atom. The number of thioether (sulfide) groups is 5. The van der Waals surface area contributed by atoms with Gasteiger partial charge in [0.05, 0.1) is 41.4 Å². The number of H-pyrrole nitrogens is 3. The van der Waals surface area contributed by atoms with E-state index < -0.39 is 0 Å². The van der Waals surface area contributed by atoms with Gasteiger partial charge in [0.2, 0.25) is 0 Å². The Hall–Kier alpha value is -10.9. The Kier molecular flexibility index (Phi) is 41.2. The van der Waals surface area contributed by atoms with Crippen molar-refractivity contribution in [3.63, 3.8) is 0 Å². The van der Waals surface area contributed by atoms with Gasteiger partial charge in [-0.15, -0.1) is 0 Å². The number of nitrogens with two attached hydrogens (primary N) is 6. The number of aromatic nitrogens is 11. The fourth-order valence-corrected chi connectivity index (χ4v) is 15.4. The minimum atomic E-state index is -0.0370. The molecule has 0 atom stereocenters. The summed E-state index contributed by atoms with van der Waals surface area (Å²) in [5.74, 6) is 13.9. The molecule has 3 aromatic carbocycles. The summed E-state index contributed by atoms with van der Waals surface area (Å²) in [6.45, 7) is 9.68. The number of rotatable bonds is 36. The fourth-order valence-electron chi connectivity index (χ4n) is 11.1. The van der Waals surface area contributed by atoms with Gasteiger partial charge < -0.3 is 54.1 Å². The number of anilines is 3. The highest BCUT2D eigenvalue weighted by Gasteiger charge is 2.14. The van der Waals surface area contributed by atoms with Crippen LogP contribution in [0.25, 0.3) is 0 Å². The van der Waals surface area contributed by atoms with Crippen molar-refractivity contribution < 1.29 is 4.74 Å². The van der Waals surface area contributed by atoms with E-state index in [9.17, 15) is 14.4 Å². The lowest BCUT2D eigenvalue weighted by Crippen LogP contribution is -2.22. The van der Waals surface area contributed by atoms with Crippen LogP contribution in [0.15, 0.2) is 206 Å². The number of benzene rings is 3. The maximum Gasteiger partial charge on any atom is 0.254 e. The molecule has 0 aliphatic carbocycles. The third-order valence-electron chi connectivity index (χ3n) is 16.9. The molecule has 0 saturated heterocycles. The lowest BCUT2D eigenvalue weighted by atomic mass is 10.0. The first kappa shape index (κ1) is 92.3. The van der Waals surface area contributed by atoms with Crippen LogP contribution in [0.2, 0.25) is 0 Å². The van der Waals surface area contributed by atoms with Crippen molar-refractivity contribution in [2.75, 3.05) is 53.1 Å². The maximum atomic E-state index is 12.5. The Balaban J connectivity index is 0.000000207. The number of ether oxygens (including phenoxy) is 1. The first-order valence-corrected chi connectivity index (χ1v) is 43.7. The lowest BCUT2D eigenvalue weighted by Gasteiger charge is -2.08. The van der Waals surface area contributed by atoms with Gasteiger partial charge in [0.15, 0.2) is 23.5 Å². The summed E-state index contributed by atoms with van der Waals surface area (Å²) in [4.78, 5) is 90.2. The number of hydrogen-bond acceptors (Lipinski definition) is 24. The number of amidine groups is 1. The molecule has 116 heavy (non-hydrogen) atoms. The zero-order valence-electron chi connectivity index (χ0n) is 66.8. The summed E-state index contributed by atoms with van der Waals surface area (Å²) in [6.07, 6.45) is 8.03. The van der Waals surface area contributed by atoms with E-state index in [1.54, 1.807) is 83.1 Å². The average Bonchev–Trinajstić information content (AvgIpc) is 0.848. The molecule has 11 rings (SSSR count). The molecular formula is C86H107N21O4S5. The molecule has 17 N–H and O–H groups in total. The minimum Gasteiger partial charge on any atom is -0.484 e. The number of nitrogens with zero attached hydrogens (tertiary/aromatic N) is 10. The Labute approximate surface area is 700 Å². The topological polar surface area (TPSA) is 439 Å². The van der Waals surface area contributed by atoms with Gasteiger partial charge in [-0.2, -0.15) is 63.8 Å². The molecular weight excluding hydrogens is 1550 g/mol. The molecule has 0 amide bonds. The quantitative estimate of drug-likeness (QED) is 0.00987. The Morgan fingerprint density at radius 1 is 0.371 bits per heavy atom. The van der Waals surface area contributed by atoms with Crippen molar-refractivity contribution in [1.82, 2.24) is 54.8 Å². The second kappa shape index (κ2) is 51.8. The van der Waals surface area contributed by atoms with Crippen molar-refractivity contribution >= 4 is 111 Å². The molecule has 0 aliphatic rings. The molecule has 0 fully saturated rings. The Morgan fingerprint density at radius 3 is 0.966 bits per heavy atom. The molecule has 0 unspecified atom stereocenters. The van der Waals surface area contributed by atoms with E-state index in [2.05, 4.69) is 101 Å². The van der Waals surface area contributed by atoms with Crippen LogP contribution in [0.5, 0.6) is 0 Å². The number of aromatic amines is 3. The van der Waals surface area contributed by atoms with Crippen molar-refractivity contribution in [2.24, 2.45) is 27.2 Å². The molecule has 0 radical (unpaired) electrons. The second-order valence-corrected chi connectivity index (χ2v) is 32.1. The van der Waals surface area contributed by atoms with Crippen LogP contribution in [0, 0.1) is 31.6 Å². The number of aliphatic imine (C=N–C) groups is 2. The first-order chi connectivity index (χ1) is 56.0. The van der Waals surface area contributed by atoms with E-state index >= 15 is 0 Å². The summed E-state index contributed by atoms with van der Waals surface area (Å²) in [5.41, 5.74) is 47.0. The van der Waals surface area contributed by atoms with Crippen LogP contribution in [0.4, 0.5) is 29.1 Å². The monoisotopic (exact) mass is 1660 g/mol. The van der Waals surface area contributed by atoms with Crippen LogP contribution in [-0.4, -0.2) is 114 Å². The van der Waals surface area contributed by atoms with Crippen molar-refractivity contribution in [3.8, 4) is 0 Å². The van der Waals surface area contributed by atoms with Crippen LogP contribution < -0.4 is 51.1 Å². The van der Waals surface area contributed by atoms with Crippen molar-refractivity contribution in [2.45, 2.75) is 134 Å². The zero-order valence-corrected chi connectivity index (χ0v) is 70.9. The average molecular weight is 1660 g/mol.